The van der Waals surface area contributed by atoms with Crippen molar-refractivity contribution in [3.63, 3.8) is 0 Å². The van der Waals surface area contributed by atoms with Crippen LogP contribution in [0.3, 0.4) is 0 Å². The fourth-order valence-corrected chi connectivity index (χ4v) is 2.64. The molecule has 0 aliphatic heterocycles. The summed E-state index contributed by atoms with van der Waals surface area (Å²) in [5, 5.41) is 0. The summed E-state index contributed by atoms with van der Waals surface area (Å²) in [6.07, 6.45) is 0. The van der Waals surface area contributed by atoms with E-state index in [-0.39, 0.29) is 5.82 Å². The van der Waals surface area contributed by atoms with Gasteiger partial charge in [0.05, 0.1) is 19.8 Å². The van der Waals surface area contributed by atoms with Crippen LogP contribution in [0.4, 0.5) is 4.39 Å². The molecule has 23 heavy (non-hydrogen) atoms. The lowest BCUT2D eigenvalue weighted by Crippen LogP contribution is -1.95. The molecule has 0 unspecified atom stereocenters. The minimum atomic E-state index is -0.313. The summed E-state index contributed by atoms with van der Waals surface area (Å²) in [4.78, 5) is 0. The number of hydrogen-bond acceptors (Lipinski definition) is 2. The first kappa shape index (κ1) is 15.1. The third-order valence-electron chi connectivity index (χ3n) is 3.77. The molecule has 116 valence electrons. The second-order valence-electron chi connectivity index (χ2n) is 5.10. The Balaban J connectivity index is 2.21. The molecule has 0 heterocycles. The lowest BCUT2D eigenvalue weighted by Gasteiger charge is -2.15. The Hall–Kier alpha value is -2.81. The van der Waals surface area contributed by atoms with Crippen LogP contribution >= 0.6 is 0 Å². The smallest absolute Gasteiger partial charge is 0.131 e. The standard InChI is InChI=1S/C20H17FO2/c1-22-18-9-6-10-19(23-2)20(18)16-13-15(11-12-17(16)21)14-7-4-3-5-8-14/h3-13H,1-2H3. The Bertz CT molecular complexity index is 791. The van der Waals surface area contributed by atoms with E-state index in [2.05, 4.69) is 0 Å². The van der Waals surface area contributed by atoms with E-state index in [4.69, 9.17) is 9.47 Å². The summed E-state index contributed by atoms with van der Waals surface area (Å²) in [6, 6.07) is 20.4. The summed E-state index contributed by atoms with van der Waals surface area (Å²) >= 11 is 0. The van der Waals surface area contributed by atoms with E-state index >= 15 is 0 Å². The van der Waals surface area contributed by atoms with E-state index in [1.54, 1.807) is 32.4 Å². The van der Waals surface area contributed by atoms with E-state index in [0.29, 0.717) is 22.6 Å². The molecule has 0 radical (unpaired) electrons. The highest BCUT2D eigenvalue weighted by Crippen LogP contribution is 2.40. The van der Waals surface area contributed by atoms with Gasteiger partial charge in [0.25, 0.3) is 0 Å². The van der Waals surface area contributed by atoms with Crippen molar-refractivity contribution in [2.75, 3.05) is 14.2 Å². The zero-order valence-electron chi connectivity index (χ0n) is 13.0. The molecule has 0 bridgehead atoms. The van der Waals surface area contributed by atoms with Crippen molar-refractivity contribution < 1.29 is 13.9 Å². The fourth-order valence-electron chi connectivity index (χ4n) is 2.64. The normalized spacial score (nSPS) is 10.4. The van der Waals surface area contributed by atoms with Crippen molar-refractivity contribution in [1.82, 2.24) is 0 Å². The minimum absolute atomic E-state index is 0.313. The van der Waals surface area contributed by atoms with Gasteiger partial charge in [-0.2, -0.15) is 0 Å². The number of rotatable bonds is 4. The number of methoxy groups -OCH3 is 2. The zero-order valence-corrected chi connectivity index (χ0v) is 13.0. The highest BCUT2D eigenvalue weighted by atomic mass is 19.1. The first-order valence-electron chi connectivity index (χ1n) is 7.31. The summed E-state index contributed by atoms with van der Waals surface area (Å²) in [7, 11) is 3.13. The van der Waals surface area contributed by atoms with E-state index < -0.39 is 0 Å². The van der Waals surface area contributed by atoms with Crippen LogP contribution in [0.25, 0.3) is 22.3 Å². The highest BCUT2D eigenvalue weighted by Gasteiger charge is 2.17. The van der Waals surface area contributed by atoms with Gasteiger partial charge >= 0.3 is 0 Å². The molecule has 3 aromatic rings. The largest absolute Gasteiger partial charge is 0.496 e. The molecule has 2 nitrogen and oxygen atoms in total. The molecule has 0 N–H and O–H groups in total. The molecular weight excluding hydrogens is 291 g/mol. The highest BCUT2D eigenvalue weighted by molar-refractivity contribution is 5.81. The predicted molar refractivity (Wildman–Crippen MR) is 90.4 cm³/mol. The third kappa shape index (κ3) is 2.90. The van der Waals surface area contributed by atoms with Crippen LogP contribution in [-0.2, 0) is 0 Å². The Morgan fingerprint density at radius 1 is 0.696 bits per heavy atom. The van der Waals surface area contributed by atoms with E-state index in [1.807, 2.05) is 42.5 Å². The second-order valence-corrected chi connectivity index (χ2v) is 5.10. The van der Waals surface area contributed by atoms with Crippen molar-refractivity contribution in [2.45, 2.75) is 0 Å². The van der Waals surface area contributed by atoms with Gasteiger partial charge in [-0.15, -0.1) is 0 Å². The van der Waals surface area contributed by atoms with Gasteiger partial charge in [-0.25, -0.2) is 4.39 Å². The topological polar surface area (TPSA) is 18.5 Å². The second kappa shape index (κ2) is 6.53. The molecule has 0 atom stereocenters. The molecule has 3 aromatic carbocycles. The van der Waals surface area contributed by atoms with Crippen molar-refractivity contribution in [3.05, 3.63) is 72.5 Å². The molecule has 0 aromatic heterocycles. The Morgan fingerprint density at radius 2 is 1.35 bits per heavy atom. The van der Waals surface area contributed by atoms with Crippen LogP contribution < -0.4 is 9.47 Å². The Kier molecular flexibility index (Phi) is 4.29. The maximum atomic E-state index is 14.5. The minimum Gasteiger partial charge on any atom is -0.496 e. The van der Waals surface area contributed by atoms with Crippen LogP contribution in [0.1, 0.15) is 0 Å². The number of hydrogen-bond donors (Lipinski definition) is 0. The summed E-state index contributed by atoms with van der Waals surface area (Å²) in [6.45, 7) is 0. The number of ether oxygens (including phenoxy) is 2. The van der Waals surface area contributed by atoms with E-state index in [9.17, 15) is 4.39 Å². The van der Waals surface area contributed by atoms with Gasteiger partial charge in [-0.05, 0) is 35.4 Å². The first-order valence-corrected chi connectivity index (χ1v) is 7.31. The molecule has 3 heteroatoms. The molecule has 3 rings (SSSR count). The number of halogens is 1. The van der Waals surface area contributed by atoms with Gasteiger partial charge in [-0.3, -0.25) is 0 Å². The van der Waals surface area contributed by atoms with Crippen molar-refractivity contribution >= 4 is 0 Å². The van der Waals surface area contributed by atoms with Crippen molar-refractivity contribution in [3.8, 4) is 33.8 Å². The Labute approximate surface area is 135 Å². The Morgan fingerprint density at radius 3 is 1.96 bits per heavy atom. The van der Waals surface area contributed by atoms with Crippen LogP contribution in [0.5, 0.6) is 11.5 Å². The fraction of sp³-hybridized carbons (Fsp3) is 0.100. The van der Waals surface area contributed by atoms with Crippen molar-refractivity contribution in [2.24, 2.45) is 0 Å². The molecule has 0 aliphatic rings. The first-order chi connectivity index (χ1) is 11.2. The predicted octanol–water partition coefficient (Wildman–Crippen LogP) is 5.18. The zero-order chi connectivity index (χ0) is 16.2. The monoisotopic (exact) mass is 308 g/mol. The molecular formula is C20H17FO2. The van der Waals surface area contributed by atoms with Gasteiger partial charge in [0.1, 0.15) is 17.3 Å². The summed E-state index contributed by atoms with van der Waals surface area (Å²) in [5.41, 5.74) is 3.05. The van der Waals surface area contributed by atoms with Crippen LogP contribution in [0, 0.1) is 5.82 Å². The average Bonchev–Trinajstić information content (AvgIpc) is 2.62. The third-order valence-corrected chi connectivity index (χ3v) is 3.77. The molecule has 0 aliphatic carbocycles. The van der Waals surface area contributed by atoms with E-state index in [0.717, 1.165) is 11.1 Å². The van der Waals surface area contributed by atoms with Crippen LogP contribution in [0.2, 0.25) is 0 Å². The van der Waals surface area contributed by atoms with Gasteiger partial charge in [0.15, 0.2) is 0 Å². The van der Waals surface area contributed by atoms with Crippen molar-refractivity contribution in [1.29, 1.82) is 0 Å². The van der Waals surface area contributed by atoms with Crippen LogP contribution in [0.15, 0.2) is 66.7 Å². The molecule has 0 spiro atoms. The van der Waals surface area contributed by atoms with Gasteiger partial charge < -0.3 is 9.47 Å². The average molecular weight is 308 g/mol. The molecule has 0 fully saturated rings. The summed E-state index contributed by atoms with van der Waals surface area (Å²) < 4.78 is 25.3. The lowest BCUT2D eigenvalue weighted by atomic mass is 9.97. The molecule has 0 saturated carbocycles. The number of benzene rings is 3. The SMILES string of the molecule is COc1cccc(OC)c1-c1cc(-c2ccccc2)ccc1F. The summed E-state index contributed by atoms with van der Waals surface area (Å²) in [5.74, 6) is 0.842. The lowest BCUT2D eigenvalue weighted by molar-refractivity contribution is 0.397. The maximum absolute atomic E-state index is 14.5. The van der Waals surface area contributed by atoms with E-state index in [1.165, 1.54) is 6.07 Å². The molecule has 0 saturated heterocycles. The van der Waals surface area contributed by atoms with Gasteiger partial charge in [0.2, 0.25) is 0 Å². The molecule has 0 amide bonds. The quantitative estimate of drug-likeness (QED) is 0.661. The van der Waals surface area contributed by atoms with Crippen LogP contribution in [-0.4, -0.2) is 14.2 Å². The van der Waals surface area contributed by atoms with Gasteiger partial charge in [0, 0.05) is 5.56 Å². The maximum Gasteiger partial charge on any atom is 0.131 e. The van der Waals surface area contributed by atoms with Gasteiger partial charge in [-0.1, -0.05) is 42.5 Å².